The predicted molar refractivity (Wildman–Crippen MR) is 69.7 cm³/mol. The standard InChI is InChI=1S/C13H19N3O2/c1-10(2)15-11-3-4-14-12(9-11)13(17)16-5-7-18-8-6-16/h3-4,9-10H,5-8H2,1-2H3,(H,14,15). The maximum absolute atomic E-state index is 12.2. The molecule has 0 aliphatic carbocycles. The quantitative estimate of drug-likeness (QED) is 0.879. The average Bonchev–Trinajstić information content (AvgIpc) is 2.38. The van der Waals surface area contributed by atoms with Crippen LogP contribution >= 0.6 is 0 Å². The van der Waals surface area contributed by atoms with Gasteiger partial charge < -0.3 is 15.0 Å². The van der Waals surface area contributed by atoms with Gasteiger partial charge in [-0.25, -0.2) is 0 Å². The molecule has 5 nitrogen and oxygen atoms in total. The Morgan fingerprint density at radius 2 is 2.17 bits per heavy atom. The van der Waals surface area contributed by atoms with Gasteiger partial charge in [-0.15, -0.1) is 0 Å². The van der Waals surface area contributed by atoms with Crippen LogP contribution < -0.4 is 5.32 Å². The zero-order valence-electron chi connectivity index (χ0n) is 10.8. The fourth-order valence-electron chi connectivity index (χ4n) is 1.90. The molecule has 0 spiro atoms. The van der Waals surface area contributed by atoms with E-state index in [4.69, 9.17) is 4.74 Å². The van der Waals surface area contributed by atoms with E-state index < -0.39 is 0 Å². The summed E-state index contributed by atoms with van der Waals surface area (Å²) in [4.78, 5) is 18.2. The van der Waals surface area contributed by atoms with Gasteiger partial charge >= 0.3 is 0 Å². The van der Waals surface area contributed by atoms with Gasteiger partial charge in [-0.3, -0.25) is 9.78 Å². The number of rotatable bonds is 3. The molecule has 1 aromatic heterocycles. The van der Waals surface area contributed by atoms with Crippen molar-refractivity contribution in [1.82, 2.24) is 9.88 Å². The minimum atomic E-state index is -0.0225. The summed E-state index contributed by atoms with van der Waals surface area (Å²) in [5, 5.41) is 3.27. The van der Waals surface area contributed by atoms with Crippen molar-refractivity contribution in [2.75, 3.05) is 31.6 Å². The summed E-state index contributed by atoms with van der Waals surface area (Å²) in [5.41, 5.74) is 1.42. The smallest absolute Gasteiger partial charge is 0.272 e. The molecule has 1 aliphatic heterocycles. The Balaban J connectivity index is 2.09. The second-order valence-electron chi connectivity index (χ2n) is 4.63. The van der Waals surface area contributed by atoms with Gasteiger partial charge in [-0.2, -0.15) is 0 Å². The van der Waals surface area contributed by atoms with Crippen LogP contribution in [-0.4, -0.2) is 48.1 Å². The van der Waals surface area contributed by atoms with E-state index in [2.05, 4.69) is 24.1 Å². The fraction of sp³-hybridized carbons (Fsp3) is 0.538. The molecule has 18 heavy (non-hydrogen) atoms. The first-order chi connectivity index (χ1) is 8.66. The minimum Gasteiger partial charge on any atom is -0.383 e. The number of morpholine rings is 1. The van der Waals surface area contributed by atoms with E-state index in [9.17, 15) is 4.79 Å². The van der Waals surface area contributed by atoms with Crippen LogP contribution in [0.15, 0.2) is 18.3 Å². The van der Waals surface area contributed by atoms with E-state index in [1.807, 2.05) is 6.07 Å². The number of hydrogen-bond donors (Lipinski definition) is 1. The van der Waals surface area contributed by atoms with Gasteiger partial charge in [0.15, 0.2) is 0 Å². The van der Waals surface area contributed by atoms with Crippen LogP contribution in [0.5, 0.6) is 0 Å². The van der Waals surface area contributed by atoms with Crippen molar-refractivity contribution >= 4 is 11.6 Å². The van der Waals surface area contributed by atoms with E-state index in [0.29, 0.717) is 38.0 Å². The first-order valence-corrected chi connectivity index (χ1v) is 6.26. The van der Waals surface area contributed by atoms with Gasteiger partial charge in [0.1, 0.15) is 5.69 Å². The molecular formula is C13H19N3O2. The molecule has 1 saturated heterocycles. The highest BCUT2D eigenvalue weighted by atomic mass is 16.5. The van der Waals surface area contributed by atoms with E-state index in [0.717, 1.165) is 5.69 Å². The monoisotopic (exact) mass is 249 g/mol. The van der Waals surface area contributed by atoms with Crippen molar-refractivity contribution in [3.63, 3.8) is 0 Å². The number of amides is 1. The van der Waals surface area contributed by atoms with E-state index in [1.165, 1.54) is 0 Å². The number of nitrogens with one attached hydrogen (secondary N) is 1. The third kappa shape index (κ3) is 3.20. The Bertz CT molecular complexity index is 414. The molecule has 0 atom stereocenters. The number of carbonyl (C=O) groups excluding carboxylic acids is 1. The number of pyridine rings is 1. The summed E-state index contributed by atoms with van der Waals surface area (Å²) in [7, 11) is 0. The normalized spacial score (nSPS) is 15.8. The van der Waals surface area contributed by atoms with Crippen LogP contribution in [0, 0.1) is 0 Å². The van der Waals surface area contributed by atoms with E-state index in [-0.39, 0.29) is 5.91 Å². The molecule has 1 fully saturated rings. The largest absolute Gasteiger partial charge is 0.383 e. The van der Waals surface area contributed by atoms with Crippen LogP contribution in [0.4, 0.5) is 5.69 Å². The molecule has 2 rings (SSSR count). The summed E-state index contributed by atoms with van der Waals surface area (Å²) in [5.74, 6) is -0.0225. The summed E-state index contributed by atoms with van der Waals surface area (Å²) < 4.78 is 5.24. The Morgan fingerprint density at radius 1 is 1.44 bits per heavy atom. The van der Waals surface area contributed by atoms with Crippen LogP contribution in [0.1, 0.15) is 24.3 Å². The highest BCUT2D eigenvalue weighted by Crippen LogP contribution is 2.12. The maximum Gasteiger partial charge on any atom is 0.272 e. The second-order valence-corrected chi connectivity index (χ2v) is 4.63. The zero-order valence-corrected chi connectivity index (χ0v) is 10.8. The van der Waals surface area contributed by atoms with Crippen molar-refractivity contribution < 1.29 is 9.53 Å². The zero-order chi connectivity index (χ0) is 13.0. The van der Waals surface area contributed by atoms with Gasteiger partial charge in [0.05, 0.1) is 13.2 Å². The molecule has 1 amide bonds. The molecule has 0 aromatic carbocycles. The molecule has 0 radical (unpaired) electrons. The van der Waals surface area contributed by atoms with Crippen molar-refractivity contribution in [3.05, 3.63) is 24.0 Å². The van der Waals surface area contributed by atoms with Crippen molar-refractivity contribution in [2.45, 2.75) is 19.9 Å². The third-order valence-electron chi connectivity index (χ3n) is 2.73. The van der Waals surface area contributed by atoms with E-state index in [1.54, 1.807) is 17.2 Å². The van der Waals surface area contributed by atoms with Gasteiger partial charge in [0, 0.05) is 31.0 Å². The highest BCUT2D eigenvalue weighted by Gasteiger charge is 2.19. The SMILES string of the molecule is CC(C)Nc1ccnc(C(=O)N2CCOCC2)c1. The lowest BCUT2D eigenvalue weighted by molar-refractivity contribution is 0.0299. The lowest BCUT2D eigenvalue weighted by atomic mass is 10.2. The molecule has 1 N–H and O–H groups in total. The molecule has 2 heterocycles. The van der Waals surface area contributed by atoms with Gasteiger partial charge in [0.25, 0.3) is 5.91 Å². The van der Waals surface area contributed by atoms with Crippen molar-refractivity contribution in [3.8, 4) is 0 Å². The second kappa shape index (κ2) is 5.82. The summed E-state index contributed by atoms with van der Waals surface area (Å²) in [6.45, 7) is 6.61. The molecule has 0 unspecified atom stereocenters. The number of nitrogens with zero attached hydrogens (tertiary/aromatic N) is 2. The first kappa shape index (κ1) is 12.8. The van der Waals surface area contributed by atoms with Gasteiger partial charge in [-0.05, 0) is 26.0 Å². The molecule has 1 aliphatic rings. The summed E-state index contributed by atoms with van der Waals surface area (Å²) >= 11 is 0. The predicted octanol–water partition coefficient (Wildman–Crippen LogP) is 1.37. The molecule has 0 bridgehead atoms. The highest BCUT2D eigenvalue weighted by molar-refractivity contribution is 5.93. The lowest BCUT2D eigenvalue weighted by Gasteiger charge is -2.26. The fourth-order valence-corrected chi connectivity index (χ4v) is 1.90. The first-order valence-electron chi connectivity index (χ1n) is 6.26. The van der Waals surface area contributed by atoms with Crippen molar-refractivity contribution in [2.24, 2.45) is 0 Å². The van der Waals surface area contributed by atoms with Crippen LogP contribution in [0.25, 0.3) is 0 Å². The molecule has 98 valence electrons. The van der Waals surface area contributed by atoms with Crippen LogP contribution in [-0.2, 0) is 4.74 Å². The Hall–Kier alpha value is -1.62. The number of ether oxygens (including phenoxy) is 1. The minimum absolute atomic E-state index is 0.0225. The topological polar surface area (TPSA) is 54.5 Å². The molecule has 1 aromatic rings. The average molecular weight is 249 g/mol. The third-order valence-corrected chi connectivity index (χ3v) is 2.73. The van der Waals surface area contributed by atoms with E-state index >= 15 is 0 Å². The molecular weight excluding hydrogens is 230 g/mol. The summed E-state index contributed by atoms with van der Waals surface area (Å²) in [6.07, 6.45) is 1.67. The Morgan fingerprint density at radius 3 is 2.83 bits per heavy atom. The number of aromatic nitrogens is 1. The lowest BCUT2D eigenvalue weighted by Crippen LogP contribution is -2.41. The van der Waals surface area contributed by atoms with Crippen LogP contribution in [0.2, 0.25) is 0 Å². The number of anilines is 1. The number of hydrogen-bond acceptors (Lipinski definition) is 4. The van der Waals surface area contributed by atoms with Gasteiger partial charge in [-0.1, -0.05) is 0 Å². The number of carbonyl (C=O) groups is 1. The summed E-state index contributed by atoms with van der Waals surface area (Å²) in [6, 6.07) is 4.01. The Kier molecular flexibility index (Phi) is 4.15. The Labute approximate surface area is 107 Å². The maximum atomic E-state index is 12.2. The van der Waals surface area contributed by atoms with Gasteiger partial charge in [0.2, 0.25) is 0 Å². The van der Waals surface area contributed by atoms with Crippen molar-refractivity contribution in [1.29, 1.82) is 0 Å². The molecule has 0 saturated carbocycles. The molecule has 5 heteroatoms. The van der Waals surface area contributed by atoms with Crippen LogP contribution in [0.3, 0.4) is 0 Å².